The molecule has 0 aromatic heterocycles. The van der Waals surface area contributed by atoms with Gasteiger partial charge in [-0.25, -0.2) is 0 Å². The van der Waals surface area contributed by atoms with Crippen LogP contribution in [0.15, 0.2) is 60.3 Å². The van der Waals surface area contributed by atoms with Crippen molar-refractivity contribution in [1.29, 1.82) is 0 Å². The molecule has 6 heteroatoms. The number of hydrogen-bond donors (Lipinski definition) is 1. The molecule has 0 radical (unpaired) electrons. The van der Waals surface area contributed by atoms with Gasteiger partial charge in [0.25, 0.3) is 11.8 Å². The maximum absolute atomic E-state index is 13.1. The predicted octanol–water partition coefficient (Wildman–Crippen LogP) is 4.09. The average molecular weight is 408 g/mol. The summed E-state index contributed by atoms with van der Waals surface area (Å²) in [6.07, 6.45) is 2.70. The molecule has 6 nitrogen and oxygen atoms in total. The summed E-state index contributed by atoms with van der Waals surface area (Å²) in [5.41, 5.74) is 2.12. The molecule has 0 unspecified atom stereocenters. The number of carbonyl (C=O) groups excluding carboxylic acids is 2. The number of hydrogen-bond acceptors (Lipinski definition) is 5. The predicted molar refractivity (Wildman–Crippen MR) is 117 cm³/mol. The Kier molecular flexibility index (Phi) is 7.63. The number of amides is 2. The summed E-state index contributed by atoms with van der Waals surface area (Å²) in [5, 5.41) is 3.15. The van der Waals surface area contributed by atoms with E-state index in [4.69, 9.17) is 9.47 Å². The van der Waals surface area contributed by atoms with Crippen LogP contribution in [0.3, 0.4) is 0 Å². The number of anilines is 1. The largest absolute Gasteiger partial charge is 0.497 e. The number of nitrogens with zero attached hydrogens (tertiary/aromatic N) is 1. The van der Waals surface area contributed by atoms with E-state index >= 15 is 0 Å². The van der Waals surface area contributed by atoms with Crippen LogP contribution in [0.4, 0.5) is 5.69 Å². The minimum Gasteiger partial charge on any atom is -0.497 e. The van der Waals surface area contributed by atoms with Gasteiger partial charge in [-0.2, -0.15) is 0 Å². The van der Waals surface area contributed by atoms with Crippen LogP contribution < -0.4 is 10.1 Å². The van der Waals surface area contributed by atoms with Gasteiger partial charge in [-0.15, -0.1) is 0 Å². The molecule has 3 rings (SSSR count). The van der Waals surface area contributed by atoms with Crippen LogP contribution in [0.25, 0.3) is 5.57 Å². The van der Waals surface area contributed by atoms with Gasteiger partial charge in [0, 0.05) is 25.4 Å². The molecule has 0 atom stereocenters. The highest BCUT2D eigenvalue weighted by molar-refractivity contribution is 6.36. The Bertz CT molecular complexity index is 891. The topological polar surface area (TPSA) is 67.9 Å². The third kappa shape index (κ3) is 5.07. The molecule has 2 aromatic carbocycles. The average Bonchev–Trinajstić information content (AvgIpc) is 3.01. The first-order chi connectivity index (χ1) is 14.7. The second-order valence-electron chi connectivity index (χ2n) is 7.05. The molecule has 30 heavy (non-hydrogen) atoms. The zero-order valence-corrected chi connectivity index (χ0v) is 17.5. The van der Waals surface area contributed by atoms with Gasteiger partial charge >= 0.3 is 0 Å². The fraction of sp³-hybridized carbons (Fsp3) is 0.333. The number of unbranched alkanes of at least 4 members (excludes halogenated alkanes) is 1. The maximum Gasteiger partial charge on any atom is 0.278 e. The fourth-order valence-electron chi connectivity index (χ4n) is 3.26. The van der Waals surface area contributed by atoms with E-state index in [0.29, 0.717) is 48.7 Å². The number of carbonyl (C=O) groups is 2. The lowest BCUT2D eigenvalue weighted by atomic mass is 10.0. The van der Waals surface area contributed by atoms with Crippen LogP contribution >= 0.6 is 0 Å². The number of nitrogens with one attached hydrogen (secondary N) is 1. The van der Waals surface area contributed by atoms with Crippen molar-refractivity contribution in [3.63, 3.8) is 0 Å². The molecule has 1 heterocycles. The smallest absolute Gasteiger partial charge is 0.278 e. The minimum atomic E-state index is -0.316. The van der Waals surface area contributed by atoms with Gasteiger partial charge in [0.15, 0.2) is 0 Å². The highest BCUT2D eigenvalue weighted by Crippen LogP contribution is 2.30. The summed E-state index contributed by atoms with van der Waals surface area (Å²) in [4.78, 5) is 27.5. The molecule has 0 spiro atoms. The highest BCUT2D eigenvalue weighted by atomic mass is 16.5. The lowest BCUT2D eigenvalue weighted by Gasteiger charge is -2.15. The van der Waals surface area contributed by atoms with Crippen molar-refractivity contribution in [2.24, 2.45) is 0 Å². The van der Waals surface area contributed by atoms with Crippen LogP contribution in [-0.4, -0.2) is 43.6 Å². The Morgan fingerprint density at radius 3 is 2.27 bits per heavy atom. The third-order valence-corrected chi connectivity index (χ3v) is 4.90. The molecule has 0 saturated carbocycles. The van der Waals surface area contributed by atoms with E-state index < -0.39 is 0 Å². The van der Waals surface area contributed by atoms with Crippen molar-refractivity contribution >= 4 is 23.1 Å². The van der Waals surface area contributed by atoms with Crippen molar-refractivity contribution in [3.05, 3.63) is 65.9 Å². The van der Waals surface area contributed by atoms with E-state index in [9.17, 15) is 9.59 Å². The van der Waals surface area contributed by atoms with Crippen LogP contribution in [0.2, 0.25) is 0 Å². The molecule has 2 aromatic rings. The Morgan fingerprint density at radius 1 is 0.900 bits per heavy atom. The lowest BCUT2D eigenvalue weighted by Crippen LogP contribution is -2.34. The van der Waals surface area contributed by atoms with Crippen LogP contribution in [0, 0.1) is 0 Å². The third-order valence-electron chi connectivity index (χ3n) is 4.90. The second-order valence-corrected chi connectivity index (χ2v) is 7.05. The summed E-state index contributed by atoms with van der Waals surface area (Å²) in [5.74, 6) is 0.121. The van der Waals surface area contributed by atoms with E-state index in [1.54, 1.807) is 19.2 Å². The zero-order chi connectivity index (χ0) is 21.3. The molecule has 0 bridgehead atoms. The van der Waals surface area contributed by atoms with Crippen LogP contribution in [-0.2, 0) is 14.3 Å². The molecule has 0 aliphatic carbocycles. The molecule has 1 N–H and O–H groups in total. The highest BCUT2D eigenvalue weighted by Gasteiger charge is 2.38. The first-order valence-electron chi connectivity index (χ1n) is 10.3. The minimum absolute atomic E-state index is 0.282. The molecular formula is C24H28N2O4. The molecule has 1 aliphatic heterocycles. The Hall–Kier alpha value is -3.12. The molecule has 0 saturated heterocycles. The summed E-state index contributed by atoms with van der Waals surface area (Å²) in [6.45, 7) is 3.67. The summed E-state index contributed by atoms with van der Waals surface area (Å²) in [7, 11) is 1.60. The Balaban J connectivity index is 1.78. The Labute approximate surface area is 177 Å². The quantitative estimate of drug-likeness (QED) is 0.448. The number of benzene rings is 2. The van der Waals surface area contributed by atoms with Crippen molar-refractivity contribution in [3.8, 4) is 5.75 Å². The second kappa shape index (κ2) is 10.6. The standard InChI is InChI=1S/C24H28N2O4/c1-3-4-16-30-17-8-15-26-23(27)21(18-9-6-5-7-10-18)22(24(26)28)25-19-11-13-20(29-2)14-12-19/h5-7,9-14,25H,3-4,8,15-17H2,1-2H3. The fourth-order valence-corrected chi connectivity index (χ4v) is 3.26. The van der Waals surface area contributed by atoms with Crippen molar-refractivity contribution in [1.82, 2.24) is 4.90 Å². The van der Waals surface area contributed by atoms with Crippen LogP contribution in [0.1, 0.15) is 31.7 Å². The Morgan fingerprint density at radius 2 is 1.60 bits per heavy atom. The normalized spacial score (nSPS) is 13.9. The van der Waals surface area contributed by atoms with E-state index in [-0.39, 0.29) is 11.8 Å². The first-order valence-corrected chi connectivity index (χ1v) is 10.3. The maximum atomic E-state index is 13.1. The van der Waals surface area contributed by atoms with E-state index in [0.717, 1.165) is 18.6 Å². The van der Waals surface area contributed by atoms with Crippen LogP contribution in [0.5, 0.6) is 5.75 Å². The van der Waals surface area contributed by atoms with Gasteiger partial charge in [-0.3, -0.25) is 14.5 Å². The van der Waals surface area contributed by atoms with Gasteiger partial charge in [-0.05, 0) is 42.7 Å². The molecule has 0 fully saturated rings. The van der Waals surface area contributed by atoms with Gasteiger partial charge in [-0.1, -0.05) is 43.7 Å². The van der Waals surface area contributed by atoms with E-state index in [1.807, 2.05) is 42.5 Å². The van der Waals surface area contributed by atoms with Crippen molar-refractivity contribution in [2.45, 2.75) is 26.2 Å². The molecule has 2 amide bonds. The van der Waals surface area contributed by atoms with Gasteiger partial charge in [0.1, 0.15) is 11.4 Å². The number of methoxy groups -OCH3 is 1. The van der Waals surface area contributed by atoms with E-state index in [2.05, 4.69) is 12.2 Å². The summed E-state index contributed by atoms with van der Waals surface area (Å²) < 4.78 is 10.8. The summed E-state index contributed by atoms with van der Waals surface area (Å²) >= 11 is 0. The number of imide groups is 1. The van der Waals surface area contributed by atoms with Crippen molar-refractivity contribution < 1.29 is 19.1 Å². The van der Waals surface area contributed by atoms with Crippen molar-refractivity contribution in [2.75, 3.05) is 32.2 Å². The molecule has 1 aliphatic rings. The van der Waals surface area contributed by atoms with E-state index in [1.165, 1.54) is 4.90 Å². The number of rotatable bonds is 11. The molecular weight excluding hydrogens is 380 g/mol. The molecule has 158 valence electrons. The zero-order valence-electron chi connectivity index (χ0n) is 17.5. The first kappa shape index (κ1) is 21.6. The summed E-state index contributed by atoms with van der Waals surface area (Å²) in [6, 6.07) is 16.5. The van der Waals surface area contributed by atoms with Gasteiger partial charge in [0.2, 0.25) is 0 Å². The monoisotopic (exact) mass is 408 g/mol. The SMILES string of the molecule is CCCCOCCCN1C(=O)C(Nc2ccc(OC)cc2)=C(c2ccccc2)C1=O. The number of ether oxygens (including phenoxy) is 2. The van der Waals surface area contributed by atoms with Gasteiger partial charge < -0.3 is 14.8 Å². The van der Waals surface area contributed by atoms with Gasteiger partial charge in [0.05, 0.1) is 12.7 Å². The lowest BCUT2D eigenvalue weighted by molar-refractivity contribution is -0.137.